The average Bonchev–Trinajstić information content (AvgIpc) is 3.16. The van der Waals surface area contributed by atoms with Crippen molar-refractivity contribution in [3.63, 3.8) is 0 Å². The SMILES string of the molecule is N[C@@H](CC(=O)N1CCn2c(nnc2C(F)(F)F)C1)Cc1cc(F)c(F)cc1F.O=C([O-])CO. The molecule has 9 nitrogen and oxygen atoms in total. The number of fused-ring (bicyclic) bond motifs is 1. The molecule has 1 aliphatic heterocycles. The molecule has 0 aliphatic carbocycles. The van der Waals surface area contributed by atoms with E-state index in [1.807, 2.05) is 0 Å². The Balaban J connectivity index is 0.000000696. The zero-order valence-corrected chi connectivity index (χ0v) is 16.8. The van der Waals surface area contributed by atoms with E-state index in [9.17, 15) is 31.1 Å². The number of carboxylic acid groups (broad SMARTS) is 1. The van der Waals surface area contributed by atoms with E-state index >= 15 is 0 Å². The van der Waals surface area contributed by atoms with Crippen molar-refractivity contribution in [1.29, 1.82) is 0 Å². The first-order valence-corrected chi connectivity index (χ1v) is 9.30. The summed E-state index contributed by atoms with van der Waals surface area (Å²) in [6.07, 6.45) is -5.11. The van der Waals surface area contributed by atoms with Crippen LogP contribution in [0.4, 0.5) is 26.3 Å². The van der Waals surface area contributed by atoms with Gasteiger partial charge in [0.25, 0.3) is 0 Å². The normalized spacial score (nSPS) is 14.2. The third-order valence-corrected chi connectivity index (χ3v) is 4.50. The van der Waals surface area contributed by atoms with Gasteiger partial charge >= 0.3 is 6.18 Å². The van der Waals surface area contributed by atoms with Crippen LogP contribution in [0.25, 0.3) is 0 Å². The third kappa shape index (κ3) is 6.89. The fraction of sp³-hybridized carbons (Fsp3) is 0.444. The Morgan fingerprint density at radius 1 is 1.12 bits per heavy atom. The summed E-state index contributed by atoms with van der Waals surface area (Å²) in [5.74, 6) is -6.59. The van der Waals surface area contributed by atoms with Crippen molar-refractivity contribution in [3.05, 3.63) is 46.8 Å². The first kappa shape index (κ1) is 26.1. The van der Waals surface area contributed by atoms with Gasteiger partial charge in [-0.25, -0.2) is 13.2 Å². The quantitative estimate of drug-likeness (QED) is 0.443. The molecule has 15 heteroatoms. The molecule has 0 radical (unpaired) electrons. The van der Waals surface area contributed by atoms with Gasteiger partial charge in [0.1, 0.15) is 5.82 Å². The fourth-order valence-corrected chi connectivity index (χ4v) is 3.01. The number of amides is 1. The van der Waals surface area contributed by atoms with Gasteiger partial charge < -0.3 is 30.2 Å². The summed E-state index contributed by atoms with van der Waals surface area (Å²) in [5.41, 5.74) is 5.64. The van der Waals surface area contributed by atoms with Crippen LogP contribution < -0.4 is 10.8 Å². The van der Waals surface area contributed by atoms with Crippen LogP contribution in [-0.2, 0) is 35.3 Å². The van der Waals surface area contributed by atoms with Gasteiger partial charge in [-0.1, -0.05) is 0 Å². The van der Waals surface area contributed by atoms with Gasteiger partial charge in [-0.05, 0) is 18.1 Å². The lowest BCUT2D eigenvalue weighted by Gasteiger charge is -2.29. The van der Waals surface area contributed by atoms with E-state index in [4.69, 9.17) is 20.7 Å². The number of carbonyl (C=O) groups excluding carboxylic acids is 2. The van der Waals surface area contributed by atoms with Gasteiger partial charge in [-0.15, -0.1) is 10.2 Å². The minimum Gasteiger partial charge on any atom is -0.548 e. The maximum atomic E-state index is 13.7. The van der Waals surface area contributed by atoms with Crippen LogP contribution in [0.15, 0.2) is 12.1 Å². The molecule has 1 aromatic carbocycles. The number of aliphatic hydroxyl groups is 1. The number of aromatic nitrogens is 3. The van der Waals surface area contributed by atoms with Gasteiger partial charge in [-0.2, -0.15) is 13.2 Å². The van der Waals surface area contributed by atoms with Gasteiger partial charge in [0.15, 0.2) is 17.5 Å². The number of alkyl halides is 3. The Bertz CT molecular complexity index is 1010. The number of aliphatic hydroxyl groups excluding tert-OH is 1. The molecule has 0 fully saturated rings. The molecule has 1 amide bonds. The van der Waals surface area contributed by atoms with Crippen molar-refractivity contribution in [3.8, 4) is 0 Å². The van der Waals surface area contributed by atoms with Crippen LogP contribution in [0.2, 0.25) is 0 Å². The van der Waals surface area contributed by atoms with Crippen LogP contribution in [-0.4, -0.2) is 55.8 Å². The summed E-state index contributed by atoms with van der Waals surface area (Å²) in [6, 6.07) is 0.184. The standard InChI is InChI=1S/C16H15F6N5O.C2H4O3/c17-10-6-12(19)11(18)4-8(10)3-9(23)5-14(28)26-1-2-27-13(7-26)24-25-15(27)16(20,21)22;3-1-2(4)5/h4,6,9H,1-3,5,7,23H2;3H,1H2,(H,4,5)/p-1/t9-;/m1./s1. The van der Waals surface area contributed by atoms with Crippen molar-refractivity contribution in [2.24, 2.45) is 5.73 Å². The van der Waals surface area contributed by atoms with Crippen molar-refractivity contribution < 1.29 is 46.1 Å². The lowest BCUT2D eigenvalue weighted by atomic mass is 10.0. The summed E-state index contributed by atoms with van der Waals surface area (Å²) >= 11 is 0. The Morgan fingerprint density at radius 3 is 2.30 bits per heavy atom. The minimum atomic E-state index is -4.64. The van der Waals surface area contributed by atoms with E-state index in [2.05, 4.69) is 10.2 Å². The van der Waals surface area contributed by atoms with E-state index < -0.39 is 54.0 Å². The van der Waals surface area contributed by atoms with Crippen LogP contribution in [0.5, 0.6) is 0 Å². The van der Waals surface area contributed by atoms with E-state index in [0.717, 1.165) is 4.57 Å². The summed E-state index contributed by atoms with van der Waals surface area (Å²) in [7, 11) is 0. The summed E-state index contributed by atoms with van der Waals surface area (Å²) in [5, 5.41) is 23.1. The topological polar surface area (TPSA) is 137 Å². The highest BCUT2D eigenvalue weighted by Gasteiger charge is 2.40. The number of carbonyl (C=O) groups is 2. The molecule has 3 N–H and O–H groups in total. The number of halogens is 6. The van der Waals surface area contributed by atoms with E-state index in [1.54, 1.807) is 0 Å². The van der Waals surface area contributed by atoms with Crippen molar-refractivity contribution in [1.82, 2.24) is 19.7 Å². The van der Waals surface area contributed by atoms with Gasteiger partial charge in [0, 0.05) is 31.6 Å². The molecule has 0 spiro atoms. The molecular weight excluding hydrogens is 464 g/mol. The smallest absolute Gasteiger partial charge is 0.451 e. The maximum Gasteiger partial charge on any atom is 0.451 e. The second kappa shape index (κ2) is 10.6. The molecule has 3 rings (SSSR count). The Labute approximate surface area is 182 Å². The Kier molecular flexibility index (Phi) is 8.38. The predicted octanol–water partition coefficient (Wildman–Crippen LogP) is -0.255. The van der Waals surface area contributed by atoms with Crippen molar-refractivity contribution in [2.75, 3.05) is 13.2 Å². The molecule has 1 aliphatic rings. The van der Waals surface area contributed by atoms with Crippen LogP contribution in [0.1, 0.15) is 23.6 Å². The number of aliphatic carboxylic acids is 1. The van der Waals surface area contributed by atoms with Crippen LogP contribution in [0.3, 0.4) is 0 Å². The monoisotopic (exact) mass is 482 g/mol. The summed E-state index contributed by atoms with van der Waals surface area (Å²) < 4.78 is 79.3. The molecule has 0 saturated heterocycles. The van der Waals surface area contributed by atoms with Gasteiger partial charge in [-0.3, -0.25) is 4.79 Å². The number of carboxylic acids is 1. The number of nitrogens with two attached hydrogens (primary N) is 1. The van der Waals surface area contributed by atoms with Gasteiger partial charge in [0.2, 0.25) is 11.7 Å². The zero-order chi connectivity index (χ0) is 24.9. The molecule has 182 valence electrons. The van der Waals surface area contributed by atoms with Crippen molar-refractivity contribution >= 4 is 11.9 Å². The van der Waals surface area contributed by atoms with Gasteiger partial charge in [0.05, 0.1) is 19.1 Å². The number of rotatable bonds is 5. The first-order chi connectivity index (χ1) is 15.3. The minimum absolute atomic E-state index is 0.000783. The first-order valence-electron chi connectivity index (χ1n) is 9.30. The third-order valence-electron chi connectivity index (χ3n) is 4.50. The van der Waals surface area contributed by atoms with Crippen molar-refractivity contribution in [2.45, 2.75) is 38.1 Å². The molecule has 33 heavy (non-hydrogen) atoms. The maximum absolute atomic E-state index is 13.7. The number of hydrogen-bond donors (Lipinski definition) is 2. The summed E-state index contributed by atoms with van der Waals surface area (Å²) in [6.45, 7) is -1.19. The average molecular weight is 482 g/mol. The molecule has 2 heterocycles. The molecule has 2 aromatic rings. The fourth-order valence-electron chi connectivity index (χ4n) is 3.01. The molecular formula is C18H18F6N5O4-. The predicted molar refractivity (Wildman–Crippen MR) is 95.1 cm³/mol. The summed E-state index contributed by atoms with van der Waals surface area (Å²) in [4.78, 5) is 22.6. The van der Waals surface area contributed by atoms with E-state index in [1.165, 1.54) is 4.90 Å². The highest BCUT2D eigenvalue weighted by Crippen LogP contribution is 2.29. The Morgan fingerprint density at radius 2 is 1.73 bits per heavy atom. The molecule has 1 atom stereocenters. The second-order valence-corrected chi connectivity index (χ2v) is 6.96. The van der Waals surface area contributed by atoms with Crippen LogP contribution in [0, 0.1) is 17.5 Å². The lowest BCUT2D eigenvalue weighted by Crippen LogP contribution is -2.42. The second-order valence-electron chi connectivity index (χ2n) is 6.96. The molecule has 0 unspecified atom stereocenters. The highest BCUT2D eigenvalue weighted by atomic mass is 19.4. The zero-order valence-electron chi connectivity index (χ0n) is 16.8. The molecule has 0 bridgehead atoms. The number of hydrogen-bond acceptors (Lipinski definition) is 7. The van der Waals surface area contributed by atoms with E-state index in [0.29, 0.717) is 12.1 Å². The molecule has 1 aromatic heterocycles. The van der Waals surface area contributed by atoms with E-state index in [-0.39, 0.29) is 43.9 Å². The Hall–Kier alpha value is -3.20. The highest BCUT2D eigenvalue weighted by molar-refractivity contribution is 5.76. The van der Waals surface area contributed by atoms with Crippen LogP contribution >= 0.6 is 0 Å². The molecule has 0 saturated carbocycles. The number of benzene rings is 1. The largest absolute Gasteiger partial charge is 0.548 e. The lowest BCUT2D eigenvalue weighted by molar-refractivity contribution is -0.308. The number of nitrogens with zero attached hydrogens (tertiary/aromatic N) is 4.